The average molecular weight is 662 g/mol. The maximum atomic E-state index is 14.5. The minimum absolute atomic E-state index is 0. The fourth-order valence-corrected chi connectivity index (χ4v) is 4.87. The summed E-state index contributed by atoms with van der Waals surface area (Å²) < 4.78 is 17.8. The van der Waals surface area contributed by atoms with Gasteiger partial charge < -0.3 is 25.3 Å². The van der Waals surface area contributed by atoms with Crippen molar-refractivity contribution in [3.63, 3.8) is 0 Å². The Labute approximate surface area is 220 Å². The van der Waals surface area contributed by atoms with Gasteiger partial charge in [-0.15, -0.1) is 17.4 Å². The first-order valence-electron chi connectivity index (χ1n) is 11.4. The second-order valence-corrected chi connectivity index (χ2v) is 9.53. The van der Waals surface area contributed by atoms with E-state index in [2.05, 4.69) is 33.4 Å². The van der Waals surface area contributed by atoms with Crippen LogP contribution in [0.2, 0.25) is 0 Å². The molecule has 33 heavy (non-hydrogen) atoms. The number of hydrogen-bond donors (Lipinski definition) is 2. The van der Waals surface area contributed by atoms with Crippen LogP contribution >= 0.6 is 23.7 Å². The summed E-state index contributed by atoms with van der Waals surface area (Å²) in [5, 5.41) is 3.37. The molecule has 2 aromatic carbocycles. The zero-order valence-electron chi connectivity index (χ0n) is 19.4. The summed E-state index contributed by atoms with van der Waals surface area (Å²) in [7, 11) is 0. The Hall–Kier alpha value is -1.08. The average Bonchev–Trinajstić information content (AvgIpc) is 2.82. The maximum Gasteiger partial charge on any atom is 0.135 e. The third-order valence-electron chi connectivity index (χ3n) is 5.33. The number of thioether (sulfide) groups is 1. The second-order valence-electron chi connectivity index (χ2n) is 7.78. The molecule has 3 rings (SSSR count). The molecule has 0 saturated carbocycles. The van der Waals surface area contributed by atoms with Crippen molar-refractivity contribution in [2.45, 2.75) is 43.9 Å². The molecule has 182 valence electrons. The van der Waals surface area contributed by atoms with Crippen LogP contribution in [0.1, 0.15) is 39.0 Å². The van der Waals surface area contributed by atoms with Crippen LogP contribution in [0.15, 0.2) is 41.3 Å². The number of anilines is 2. The summed E-state index contributed by atoms with van der Waals surface area (Å²) in [4.78, 5) is 8.76. The Morgan fingerprint density at radius 2 is 1.88 bits per heavy atom. The normalized spacial score (nSPS) is 13.4. The van der Waals surface area contributed by atoms with Crippen molar-refractivity contribution >= 4 is 40.8 Å². The van der Waals surface area contributed by atoms with E-state index in [0.29, 0.717) is 16.3 Å². The molecule has 0 aromatic heterocycles. The van der Waals surface area contributed by atoms with E-state index >= 15 is 0 Å². The summed E-state index contributed by atoms with van der Waals surface area (Å²) in [5.74, 6) is 1.32. The number of nitrogens with zero attached hydrogens (tertiary/aromatic N) is 2. The standard InChI is InChI=1S/C24H34FN4OS2.W/c1-3-4-5-6-7-16-32-24-11-8-19(17-21(24)25)27-30-23-18-20(9-10-22(23)28-31-2)29-14-12-26-13-15-29;/h8-11,17-18,26,28H,3-7,12-16H2,1-2H3;/q-1;. The number of benzene rings is 2. The van der Waals surface area contributed by atoms with Crippen molar-refractivity contribution in [2.24, 2.45) is 0 Å². The van der Waals surface area contributed by atoms with Gasteiger partial charge in [0.2, 0.25) is 0 Å². The van der Waals surface area contributed by atoms with Gasteiger partial charge in [-0.05, 0) is 36.4 Å². The summed E-state index contributed by atoms with van der Waals surface area (Å²) in [6, 6.07) is 11.1. The Morgan fingerprint density at radius 3 is 2.61 bits per heavy atom. The van der Waals surface area contributed by atoms with Crippen molar-refractivity contribution in [3.8, 4) is 5.75 Å². The van der Waals surface area contributed by atoms with Gasteiger partial charge in [-0.2, -0.15) is 0 Å². The first-order chi connectivity index (χ1) is 15.7. The molecule has 0 aliphatic carbocycles. The minimum Gasteiger partial charge on any atom is -0.555 e. The number of piperazine rings is 1. The van der Waals surface area contributed by atoms with Gasteiger partial charge >= 0.3 is 0 Å². The molecule has 2 aromatic rings. The van der Waals surface area contributed by atoms with E-state index in [9.17, 15) is 4.39 Å². The van der Waals surface area contributed by atoms with Crippen LogP contribution in [0.3, 0.4) is 0 Å². The summed E-state index contributed by atoms with van der Waals surface area (Å²) >= 11 is 3.07. The molecule has 0 spiro atoms. The number of unbranched alkanes of at least 4 members (excludes halogenated alkanes) is 4. The van der Waals surface area contributed by atoms with Crippen LogP contribution in [0, 0.1) is 5.82 Å². The zero-order chi connectivity index (χ0) is 22.6. The van der Waals surface area contributed by atoms with Gasteiger partial charge in [0.15, 0.2) is 0 Å². The first-order valence-corrected chi connectivity index (χ1v) is 13.6. The Morgan fingerprint density at radius 1 is 1.09 bits per heavy atom. The third-order valence-corrected chi connectivity index (χ3v) is 6.89. The smallest absolute Gasteiger partial charge is 0.135 e. The van der Waals surface area contributed by atoms with E-state index in [1.54, 1.807) is 17.8 Å². The van der Waals surface area contributed by atoms with Crippen LogP contribution < -0.4 is 19.8 Å². The molecule has 2 N–H and O–H groups in total. The summed E-state index contributed by atoms with van der Waals surface area (Å²) in [6.07, 6.45) is 8.07. The largest absolute Gasteiger partial charge is 0.555 e. The first kappa shape index (κ1) is 28.2. The molecule has 1 fully saturated rings. The fraction of sp³-hybridized carbons (Fsp3) is 0.500. The monoisotopic (exact) mass is 661 g/mol. The molecule has 0 atom stereocenters. The SMILES string of the molecule is CCCCCCCSc1ccc([N-]Oc2cc(N3CCNCC3)ccc2NSC)cc1F.[W]. The number of hydrogen-bond acceptors (Lipinski definition) is 6. The van der Waals surface area contributed by atoms with E-state index in [1.807, 2.05) is 24.5 Å². The molecule has 0 amide bonds. The summed E-state index contributed by atoms with van der Waals surface area (Å²) in [6.45, 7) is 6.05. The molecule has 1 aliphatic rings. The van der Waals surface area contributed by atoms with Crippen LogP contribution in [0.25, 0.3) is 5.48 Å². The van der Waals surface area contributed by atoms with E-state index in [0.717, 1.165) is 49.7 Å². The second kappa shape index (κ2) is 15.8. The predicted molar refractivity (Wildman–Crippen MR) is 138 cm³/mol. The van der Waals surface area contributed by atoms with Gasteiger partial charge in [-0.25, -0.2) is 4.39 Å². The Kier molecular flexibility index (Phi) is 13.4. The van der Waals surface area contributed by atoms with Gasteiger partial charge in [-0.3, -0.25) is 0 Å². The molecular formula is C24H34FN4OS2W-. The third kappa shape index (κ3) is 9.23. The van der Waals surface area contributed by atoms with E-state index in [1.165, 1.54) is 43.7 Å². The molecule has 1 heterocycles. The van der Waals surface area contributed by atoms with Crippen LogP contribution in [0.5, 0.6) is 5.75 Å². The molecule has 9 heteroatoms. The van der Waals surface area contributed by atoms with Crippen LogP contribution in [-0.2, 0) is 21.1 Å². The van der Waals surface area contributed by atoms with Crippen molar-refractivity contribution in [1.82, 2.24) is 5.32 Å². The molecule has 1 saturated heterocycles. The van der Waals surface area contributed by atoms with Crippen LogP contribution in [0.4, 0.5) is 21.5 Å². The molecule has 5 nitrogen and oxygen atoms in total. The minimum atomic E-state index is -0.245. The van der Waals surface area contributed by atoms with Gasteiger partial charge in [0.25, 0.3) is 0 Å². The van der Waals surface area contributed by atoms with E-state index in [4.69, 9.17) is 4.84 Å². The Balaban J connectivity index is 0.00000385. The van der Waals surface area contributed by atoms with E-state index < -0.39 is 0 Å². The fourth-order valence-electron chi connectivity index (χ4n) is 3.55. The van der Waals surface area contributed by atoms with E-state index in [-0.39, 0.29) is 26.9 Å². The van der Waals surface area contributed by atoms with Gasteiger partial charge in [-0.1, -0.05) is 50.6 Å². The number of halogens is 1. The van der Waals surface area contributed by atoms with Crippen molar-refractivity contribution in [1.29, 1.82) is 0 Å². The number of rotatable bonds is 13. The Bertz CT molecular complexity index is 840. The maximum absolute atomic E-state index is 14.5. The number of nitrogens with one attached hydrogen (secondary N) is 2. The van der Waals surface area contributed by atoms with Gasteiger partial charge in [0, 0.05) is 70.1 Å². The van der Waals surface area contributed by atoms with Crippen molar-refractivity contribution in [2.75, 3.05) is 47.8 Å². The van der Waals surface area contributed by atoms with Gasteiger partial charge in [0.1, 0.15) is 11.6 Å². The molecule has 0 radical (unpaired) electrons. The van der Waals surface area contributed by atoms with Crippen LogP contribution in [-0.4, -0.2) is 38.2 Å². The van der Waals surface area contributed by atoms with Crippen molar-refractivity contribution < 1.29 is 30.3 Å². The molecule has 0 unspecified atom stereocenters. The van der Waals surface area contributed by atoms with Crippen molar-refractivity contribution in [3.05, 3.63) is 47.7 Å². The van der Waals surface area contributed by atoms with Gasteiger partial charge in [0.05, 0.1) is 5.69 Å². The zero-order valence-corrected chi connectivity index (χ0v) is 24.0. The summed E-state index contributed by atoms with van der Waals surface area (Å²) in [5.41, 5.74) is 6.62. The topological polar surface area (TPSA) is 50.6 Å². The predicted octanol–water partition coefficient (Wildman–Crippen LogP) is 6.98. The molecular weight excluding hydrogens is 627 g/mol. The molecule has 0 bridgehead atoms. The molecule has 1 aliphatic heterocycles. The quantitative estimate of drug-likeness (QED) is 0.105.